The average molecular weight is 271 g/mol. The second-order valence-corrected chi connectivity index (χ2v) is 4.84. The summed E-state index contributed by atoms with van der Waals surface area (Å²) in [7, 11) is 0. The number of anilines is 1. The highest BCUT2D eigenvalue weighted by Crippen LogP contribution is 2.20. The molecule has 0 saturated heterocycles. The molecule has 1 rings (SSSR count). The number of nitrogens with zero attached hydrogens (tertiary/aromatic N) is 1. The molecule has 0 radical (unpaired) electrons. The second kappa shape index (κ2) is 6.61. The summed E-state index contributed by atoms with van der Waals surface area (Å²) in [5, 5.41) is 9.35. The lowest BCUT2D eigenvalue weighted by molar-refractivity contribution is 0.0694. The van der Waals surface area contributed by atoms with Crippen LogP contribution in [0.3, 0.4) is 0 Å². The number of amides is 1. The third kappa shape index (κ3) is 3.62. The van der Waals surface area contributed by atoms with Gasteiger partial charge in [-0.3, -0.25) is 4.79 Å². The highest BCUT2D eigenvalue weighted by Gasteiger charge is 2.20. The highest BCUT2D eigenvalue weighted by molar-refractivity contribution is 6.31. The Hall–Kier alpha value is -1.26. The molecule has 3 N–H and O–H groups in total. The van der Waals surface area contributed by atoms with Gasteiger partial charge in [0.15, 0.2) is 0 Å². The molecule has 0 aromatic heterocycles. The number of nitrogens with two attached hydrogens (primary N) is 1. The summed E-state index contributed by atoms with van der Waals surface area (Å²) < 4.78 is 0. The minimum absolute atomic E-state index is 0.0439. The van der Waals surface area contributed by atoms with Gasteiger partial charge >= 0.3 is 0 Å². The van der Waals surface area contributed by atoms with E-state index in [1.54, 1.807) is 23.1 Å². The van der Waals surface area contributed by atoms with Crippen LogP contribution in [0.25, 0.3) is 0 Å². The summed E-state index contributed by atoms with van der Waals surface area (Å²) in [4.78, 5) is 14.0. The summed E-state index contributed by atoms with van der Waals surface area (Å²) >= 11 is 5.88. The van der Waals surface area contributed by atoms with Crippen LogP contribution >= 0.6 is 11.6 Å². The van der Waals surface area contributed by atoms with E-state index in [-0.39, 0.29) is 18.6 Å². The topological polar surface area (TPSA) is 66.6 Å². The Morgan fingerprint density at radius 3 is 2.72 bits per heavy atom. The molecule has 0 aliphatic carbocycles. The fraction of sp³-hybridized carbons (Fsp3) is 0.462. The number of carbonyl (C=O) groups excluding carboxylic acids is 1. The molecule has 1 amide bonds. The number of aliphatic hydroxyl groups is 1. The molecular formula is C13H19ClN2O2. The fourth-order valence-corrected chi connectivity index (χ4v) is 1.88. The summed E-state index contributed by atoms with van der Waals surface area (Å²) in [6, 6.07) is 4.90. The summed E-state index contributed by atoms with van der Waals surface area (Å²) in [6.07, 6.45) is 0.546. The van der Waals surface area contributed by atoms with Gasteiger partial charge in [-0.15, -0.1) is 0 Å². The molecule has 0 fully saturated rings. The van der Waals surface area contributed by atoms with Gasteiger partial charge in [-0.1, -0.05) is 11.6 Å². The first-order valence-corrected chi connectivity index (χ1v) is 6.32. The van der Waals surface area contributed by atoms with E-state index in [1.165, 1.54) is 0 Å². The highest BCUT2D eigenvalue weighted by atomic mass is 35.5. The van der Waals surface area contributed by atoms with Crippen molar-refractivity contribution in [1.29, 1.82) is 0 Å². The van der Waals surface area contributed by atoms with Crippen molar-refractivity contribution in [2.75, 3.05) is 18.9 Å². The van der Waals surface area contributed by atoms with Crippen LogP contribution in [0.2, 0.25) is 5.02 Å². The molecule has 0 heterocycles. The second-order valence-electron chi connectivity index (χ2n) is 4.40. The molecule has 0 saturated carbocycles. The molecule has 0 spiro atoms. The molecule has 0 aliphatic heterocycles. The van der Waals surface area contributed by atoms with Crippen molar-refractivity contribution in [2.45, 2.75) is 26.3 Å². The van der Waals surface area contributed by atoms with Crippen LogP contribution in [0.1, 0.15) is 30.6 Å². The predicted octanol–water partition coefficient (Wildman–Crippen LogP) is 2.16. The fourth-order valence-electron chi connectivity index (χ4n) is 1.70. The molecule has 1 aromatic carbocycles. The lowest BCUT2D eigenvalue weighted by atomic mass is 10.1. The zero-order valence-corrected chi connectivity index (χ0v) is 11.4. The van der Waals surface area contributed by atoms with E-state index >= 15 is 0 Å². The number of benzene rings is 1. The van der Waals surface area contributed by atoms with Gasteiger partial charge in [0.2, 0.25) is 0 Å². The Morgan fingerprint density at radius 2 is 2.17 bits per heavy atom. The van der Waals surface area contributed by atoms with Crippen molar-refractivity contribution < 1.29 is 9.90 Å². The number of rotatable bonds is 5. The SMILES string of the molecule is CC(C)N(CCCO)C(=O)c1cc(Cl)ccc1N. The van der Waals surface area contributed by atoms with E-state index < -0.39 is 0 Å². The van der Waals surface area contributed by atoms with Gasteiger partial charge < -0.3 is 15.7 Å². The lowest BCUT2D eigenvalue weighted by Gasteiger charge is -2.27. The van der Waals surface area contributed by atoms with E-state index in [1.807, 2.05) is 13.8 Å². The zero-order chi connectivity index (χ0) is 13.7. The van der Waals surface area contributed by atoms with Crippen LogP contribution in [0, 0.1) is 0 Å². The minimum Gasteiger partial charge on any atom is -0.398 e. The van der Waals surface area contributed by atoms with Gasteiger partial charge in [-0.2, -0.15) is 0 Å². The van der Waals surface area contributed by atoms with Gasteiger partial charge in [0.1, 0.15) is 0 Å². The third-order valence-corrected chi connectivity index (χ3v) is 2.92. The van der Waals surface area contributed by atoms with Crippen LogP contribution < -0.4 is 5.73 Å². The Kier molecular flexibility index (Phi) is 5.44. The number of carbonyl (C=O) groups is 1. The minimum atomic E-state index is -0.154. The summed E-state index contributed by atoms with van der Waals surface area (Å²) in [6.45, 7) is 4.41. The largest absolute Gasteiger partial charge is 0.398 e. The Morgan fingerprint density at radius 1 is 1.50 bits per heavy atom. The van der Waals surface area contributed by atoms with E-state index in [0.29, 0.717) is 29.2 Å². The van der Waals surface area contributed by atoms with Crippen LogP contribution in [0.15, 0.2) is 18.2 Å². The smallest absolute Gasteiger partial charge is 0.256 e. The van der Waals surface area contributed by atoms with E-state index in [4.69, 9.17) is 22.4 Å². The van der Waals surface area contributed by atoms with Crippen molar-refractivity contribution in [3.63, 3.8) is 0 Å². The number of aliphatic hydroxyl groups excluding tert-OH is 1. The van der Waals surface area contributed by atoms with Crippen molar-refractivity contribution in [2.24, 2.45) is 0 Å². The molecular weight excluding hydrogens is 252 g/mol. The van der Waals surface area contributed by atoms with Crippen molar-refractivity contribution in [3.05, 3.63) is 28.8 Å². The van der Waals surface area contributed by atoms with Crippen LogP contribution in [-0.2, 0) is 0 Å². The Bertz CT molecular complexity index is 421. The van der Waals surface area contributed by atoms with Crippen LogP contribution in [0.4, 0.5) is 5.69 Å². The first-order valence-electron chi connectivity index (χ1n) is 5.94. The lowest BCUT2D eigenvalue weighted by Crippen LogP contribution is -2.38. The molecule has 5 heteroatoms. The van der Waals surface area contributed by atoms with Crippen molar-refractivity contribution in [1.82, 2.24) is 4.90 Å². The number of hydrogen-bond acceptors (Lipinski definition) is 3. The monoisotopic (exact) mass is 270 g/mol. The van der Waals surface area contributed by atoms with Gasteiger partial charge in [0, 0.05) is 29.9 Å². The third-order valence-electron chi connectivity index (χ3n) is 2.69. The maximum atomic E-state index is 12.4. The number of hydrogen-bond donors (Lipinski definition) is 2. The Labute approximate surface area is 112 Å². The number of nitrogen functional groups attached to an aromatic ring is 1. The number of halogens is 1. The average Bonchev–Trinajstić information content (AvgIpc) is 2.32. The molecule has 18 heavy (non-hydrogen) atoms. The maximum Gasteiger partial charge on any atom is 0.256 e. The summed E-state index contributed by atoms with van der Waals surface area (Å²) in [5.41, 5.74) is 6.63. The van der Waals surface area contributed by atoms with Gasteiger partial charge in [0.25, 0.3) is 5.91 Å². The molecule has 0 aliphatic rings. The predicted molar refractivity (Wildman–Crippen MR) is 73.7 cm³/mol. The molecule has 1 aromatic rings. The molecule has 4 nitrogen and oxygen atoms in total. The van der Waals surface area contributed by atoms with E-state index in [0.717, 1.165) is 0 Å². The molecule has 0 atom stereocenters. The maximum absolute atomic E-state index is 12.4. The standard InChI is InChI=1S/C13H19ClN2O2/c1-9(2)16(6-3-7-17)13(18)11-8-10(14)4-5-12(11)15/h4-5,8-9,17H,3,6-7,15H2,1-2H3. The van der Waals surface area contributed by atoms with Gasteiger partial charge in [0.05, 0.1) is 5.56 Å². The normalized spacial score (nSPS) is 10.7. The molecule has 100 valence electrons. The first kappa shape index (κ1) is 14.8. The Balaban J connectivity index is 2.98. The van der Waals surface area contributed by atoms with Gasteiger partial charge in [-0.05, 0) is 38.5 Å². The van der Waals surface area contributed by atoms with Crippen molar-refractivity contribution >= 4 is 23.2 Å². The summed E-state index contributed by atoms with van der Waals surface area (Å²) in [5.74, 6) is -0.154. The van der Waals surface area contributed by atoms with E-state index in [2.05, 4.69) is 0 Å². The first-order chi connectivity index (χ1) is 8.47. The quantitative estimate of drug-likeness (QED) is 0.806. The van der Waals surface area contributed by atoms with Crippen molar-refractivity contribution in [3.8, 4) is 0 Å². The zero-order valence-electron chi connectivity index (χ0n) is 10.7. The van der Waals surface area contributed by atoms with E-state index in [9.17, 15) is 4.79 Å². The van der Waals surface area contributed by atoms with Crippen LogP contribution in [-0.4, -0.2) is 35.1 Å². The molecule has 0 unspecified atom stereocenters. The van der Waals surface area contributed by atoms with Gasteiger partial charge in [-0.25, -0.2) is 0 Å². The molecule has 0 bridgehead atoms. The van der Waals surface area contributed by atoms with Crippen LogP contribution in [0.5, 0.6) is 0 Å².